The van der Waals surface area contributed by atoms with Gasteiger partial charge in [0.1, 0.15) is 0 Å². The lowest BCUT2D eigenvalue weighted by atomic mass is 10.0. The maximum Gasteiger partial charge on any atom is 0.246 e. The van der Waals surface area contributed by atoms with Crippen LogP contribution in [0.1, 0.15) is 30.4 Å². The topological polar surface area (TPSA) is 46.3 Å². The summed E-state index contributed by atoms with van der Waals surface area (Å²) in [6.45, 7) is 3.44. The maximum atomic E-state index is 12.2. The van der Waals surface area contributed by atoms with Crippen LogP contribution in [0.4, 0.5) is 0 Å². The molecule has 1 aromatic rings. The van der Waals surface area contributed by atoms with Gasteiger partial charge >= 0.3 is 0 Å². The number of hydrogen-bond donors (Lipinski definition) is 1. The van der Waals surface area contributed by atoms with E-state index in [2.05, 4.69) is 0 Å². The van der Waals surface area contributed by atoms with Crippen molar-refractivity contribution in [2.45, 2.75) is 32.2 Å². The van der Waals surface area contributed by atoms with Gasteiger partial charge in [-0.25, -0.2) is 0 Å². The number of carbonyl (C=O) groups excluding carboxylic acids is 1. The Morgan fingerprint density at radius 3 is 2.95 bits per heavy atom. The molecule has 0 bridgehead atoms. The first-order chi connectivity index (χ1) is 9.22. The molecule has 1 unspecified atom stereocenters. The number of aryl methyl sites for hydroxylation is 1. The smallest absolute Gasteiger partial charge is 0.246 e. The van der Waals surface area contributed by atoms with Crippen molar-refractivity contribution in [3.8, 4) is 0 Å². The molecule has 1 aromatic carbocycles. The molecule has 1 amide bonds. The van der Waals surface area contributed by atoms with E-state index in [-0.39, 0.29) is 11.9 Å². The molecule has 3 heteroatoms. The third kappa shape index (κ3) is 3.44. The van der Waals surface area contributed by atoms with Gasteiger partial charge in [-0.15, -0.1) is 0 Å². The predicted molar refractivity (Wildman–Crippen MR) is 78.6 cm³/mol. The third-order valence-corrected chi connectivity index (χ3v) is 3.78. The second-order valence-electron chi connectivity index (χ2n) is 5.11. The van der Waals surface area contributed by atoms with E-state index >= 15 is 0 Å². The molecule has 2 rings (SSSR count). The summed E-state index contributed by atoms with van der Waals surface area (Å²) >= 11 is 0. The van der Waals surface area contributed by atoms with Gasteiger partial charge in [0.15, 0.2) is 0 Å². The molecule has 102 valence electrons. The molecule has 1 saturated heterocycles. The van der Waals surface area contributed by atoms with E-state index in [0.717, 1.165) is 24.9 Å². The average Bonchev–Trinajstić information content (AvgIpc) is 2.46. The molecule has 0 radical (unpaired) electrons. The Balaban J connectivity index is 2.06. The van der Waals surface area contributed by atoms with Gasteiger partial charge in [0, 0.05) is 25.2 Å². The van der Waals surface area contributed by atoms with Gasteiger partial charge < -0.3 is 10.6 Å². The molecule has 1 fully saturated rings. The van der Waals surface area contributed by atoms with Crippen molar-refractivity contribution in [1.29, 1.82) is 0 Å². The number of amides is 1. The number of rotatable bonds is 3. The van der Waals surface area contributed by atoms with Gasteiger partial charge in [-0.05, 0) is 43.4 Å². The minimum atomic E-state index is 0.0819. The average molecular weight is 258 g/mol. The van der Waals surface area contributed by atoms with Crippen molar-refractivity contribution in [2.75, 3.05) is 13.1 Å². The highest BCUT2D eigenvalue weighted by Crippen LogP contribution is 2.17. The van der Waals surface area contributed by atoms with Gasteiger partial charge in [0.25, 0.3) is 0 Å². The molecular weight excluding hydrogens is 236 g/mol. The van der Waals surface area contributed by atoms with Crippen LogP contribution < -0.4 is 5.73 Å². The second kappa shape index (κ2) is 6.53. The van der Waals surface area contributed by atoms with E-state index in [1.165, 1.54) is 12.0 Å². The molecule has 0 saturated carbocycles. The Hall–Kier alpha value is -1.61. The van der Waals surface area contributed by atoms with Crippen molar-refractivity contribution in [3.05, 3.63) is 41.5 Å². The Labute approximate surface area is 115 Å². The number of nitrogens with two attached hydrogens (primary N) is 1. The Morgan fingerprint density at radius 2 is 2.21 bits per heavy atom. The normalized spacial score (nSPS) is 19.9. The van der Waals surface area contributed by atoms with Gasteiger partial charge in [0.05, 0.1) is 0 Å². The quantitative estimate of drug-likeness (QED) is 0.846. The molecule has 19 heavy (non-hydrogen) atoms. The molecule has 1 heterocycles. The maximum absolute atomic E-state index is 12.2. The minimum absolute atomic E-state index is 0.0819. The summed E-state index contributed by atoms with van der Waals surface area (Å²) in [6.07, 6.45) is 6.87. The third-order valence-electron chi connectivity index (χ3n) is 3.78. The first-order valence-corrected chi connectivity index (χ1v) is 6.96. The molecule has 0 aliphatic carbocycles. The SMILES string of the molecule is Cc1ccccc1/C=C/C(=O)N1CCCCC1CN. The van der Waals surface area contributed by atoms with E-state index in [1.54, 1.807) is 6.08 Å². The van der Waals surface area contributed by atoms with Crippen molar-refractivity contribution in [3.63, 3.8) is 0 Å². The first-order valence-electron chi connectivity index (χ1n) is 6.96. The first kappa shape index (κ1) is 13.8. The Bertz CT molecular complexity index is 468. The number of nitrogens with zero attached hydrogens (tertiary/aromatic N) is 1. The zero-order valence-corrected chi connectivity index (χ0v) is 11.5. The van der Waals surface area contributed by atoms with Gasteiger partial charge in [-0.1, -0.05) is 24.3 Å². The highest BCUT2D eigenvalue weighted by atomic mass is 16.2. The van der Waals surface area contributed by atoms with Crippen LogP contribution in [0.15, 0.2) is 30.3 Å². The van der Waals surface area contributed by atoms with Gasteiger partial charge in [0.2, 0.25) is 5.91 Å². The summed E-state index contributed by atoms with van der Waals surface area (Å²) in [5.74, 6) is 0.0819. The van der Waals surface area contributed by atoms with Crippen molar-refractivity contribution >= 4 is 12.0 Å². The standard InChI is InChI=1S/C16H22N2O/c1-13-6-2-3-7-14(13)9-10-16(19)18-11-5-4-8-15(18)12-17/h2-3,6-7,9-10,15H,4-5,8,11-12,17H2,1H3/b10-9+. The molecule has 0 aromatic heterocycles. The Morgan fingerprint density at radius 1 is 1.42 bits per heavy atom. The summed E-state index contributed by atoms with van der Waals surface area (Å²) in [5, 5.41) is 0. The van der Waals surface area contributed by atoms with E-state index in [0.29, 0.717) is 6.54 Å². The number of benzene rings is 1. The van der Waals surface area contributed by atoms with Crippen LogP contribution in [0.25, 0.3) is 6.08 Å². The van der Waals surface area contributed by atoms with Gasteiger partial charge in [-0.3, -0.25) is 4.79 Å². The van der Waals surface area contributed by atoms with Crippen LogP contribution in [0, 0.1) is 6.92 Å². The summed E-state index contributed by atoms with van der Waals surface area (Å²) in [4.78, 5) is 14.2. The van der Waals surface area contributed by atoms with Crippen LogP contribution in [0.2, 0.25) is 0 Å². The van der Waals surface area contributed by atoms with Crippen LogP contribution in [0.3, 0.4) is 0 Å². The number of likely N-dealkylation sites (tertiary alicyclic amines) is 1. The summed E-state index contributed by atoms with van der Waals surface area (Å²) in [7, 11) is 0. The number of piperidine rings is 1. The molecule has 2 N–H and O–H groups in total. The zero-order valence-electron chi connectivity index (χ0n) is 11.5. The zero-order chi connectivity index (χ0) is 13.7. The predicted octanol–water partition coefficient (Wildman–Crippen LogP) is 2.35. The van der Waals surface area contributed by atoms with E-state index in [4.69, 9.17) is 5.73 Å². The minimum Gasteiger partial charge on any atom is -0.335 e. The summed E-state index contributed by atoms with van der Waals surface area (Å²) in [6, 6.07) is 8.27. The number of hydrogen-bond acceptors (Lipinski definition) is 2. The fourth-order valence-corrected chi connectivity index (χ4v) is 2.57. The second-order valence-corrected chi connectivity index (χ2v) is 5.11. The molecule has 3 nitrogen and oxygen atoms in total. The molecule has 1 aliphatic heterocycles. The molecule has 1 atom stereocenters. The van der Waals surface area contributed by atoms with Crippen LogP contribution >= 0.6 is 0 Å². The highest BCUT2D eigenvalue weighted by molar-refractivity contribution is 5.92. The van der Waals surface area contributed by atoms with Crippen LogP contribution in [-0.4, -0.2) is 29.9 Å². The monoisotopic (exact) mass is 258 g/mol. The van der Waals surface area contributed by atoms with Crippen molar-refractivity contribution in [1.82, 2.24) is 4.90 Å². The Kier molecular flexibility index (Phi) is 4.74. The summed E-state index contributed by atoms with van der Waals surface area (Å²) in [5.41, 5.74) is 8.02. The lowest BCUT2D eigenvalue weighted by Crippen LogP contribution is -2.46. The van der Waals surface area contributed by atoms with Crippen molar-refractivity contribution < 1.29 is 4.79 Å². The molecule has 0 spiro atoms. The van der Waals surface area contributed by atoms with Crippen LogP contribution in [0.5, 0.6) is 0 Å². The van der Waals surface area contributed by atoms with E-state index in [9.17, 15) is 4.79 Å². The van der Waals surface area contributed by atoms with Crippen LogP contribution in [-0.2, 0) is 4.79 Å². The fourth-order valence-electron chi connectivity index (χ4n) is 2.57. The molecule has 1 aliphatic rings. The lowest BCUT2D eigenvalue weighted by molar-refractivity contribution is -0.129. The molecular formula is C16H22N2O. The van der Waals surface area contributed by atoms with E-state index < -0.39 is 0 Å². The summed E-state index contributed by atoms with van der Waals surface area (Å²) < 4.78 is 0. The van der Waals surface area contributed by atoms with Crippen molar-refractivity contribution in [2.24, 2.45) is 5.73 Å². The largest absolute Gasteiger partial charge is 0.335 e. The van der Waals surface area contributed by atoms with Gasteiger partial charge in [-0.2, -0.15) is 0 Å². The fraction of sp³-hybridized carbons (Fsp3) is 0.438. The number of carbonyl (C=O) groups is 1. The lowest BCUT2D eigenvalue weighted by Gasteiger charge is -2.34. The highest BCUT2D eigenvalue weighted by Gasteiger charge is 2.23. The van der Waals surface area contributed by atoms with E-state index in [1.807, 2.05) is 42.2 Å².